The molecule has 0 atom stereocenters. The minimum atomic E-state index is -0.464. The zero-order valence-electron chi connectivity index (χ0n) is 14.4. The van der Waals surface area contributed by atoms with Gasteiger partial charge in [0.1, 0.15) is 29.0 Å². The monoisotopic (exact) mass is 351 g/mol. The lowest BCUT2D eigenvalue weighted by Gasteiger charge is -2.07. The van der Waals surface area contributed by atoms with Crippen molar-refractivity contribution in [3.63, 3.8) is 0 Å². The number of aryl methyl sites for hydroxylation is 2. The summed E-state index contributed by atoms with van der Waals surface area (Å²) in [5.41, 5.74) is 1.64. The number of hydrogen-bond donors (Lipinski definition) is 1. The Balaban J connectivity index is 1.66. The lowest BCUT2D eigenvalue weighted by Crippen LogP contribution is -2.27. The topological polar surface area (TPSA) is 90.3 Å². The highest BCUT2D eigenvalue weighted by Gasteiger charge is 2.15. The van der Waals surface area contributed by atoms with Gasteiger partial charge < -0.3 is 14.2 Å². The van der Waals surface area contributed by atoms with Gasteiger partial charge >= 0.3 is 5.63 Å². The quantitative estimate of drug-likeness (QED) is 0.571. The minimum absolute atomic E-state index is 0.00428. The van der Waals surface area contributed by atoms with E-state index in [2.05, 4.69) is 10.4 Å². The van der Waals surface area contributed by atoms with E-state index in [4.69, 9.17) is 8.83 Å². The van der Waals surface area contributed by atoms with Crippen LogP contribution in [0, 0.1) is 13.8 Å². The molecule has 1 N–H and O–H groups in total. The fourth-order valence-electron chi connectivity index (χ4n) is 2.97. The van der Waals surface area contributed by atoms with Crippen molar-refractivity contribution in [2.45, 2.75) is 26.9 Å². The maximum absolute atomic E-state index is 12.3. The van der Waals surface area contributed by atoms with E-state index in [1.54, 1.807) is 6.07 Å². The molecule has 4 aromatic rings. The smallest absolute Gasteiger partial charge is 0.347 e. The van der Waals surface area contributed by atoms with Gasteiger partial charge in [0.05, 0.1) is 18.3 Å². The third kappa shape index (κ3) is 2.88. The van der Waals surface area contributed by atoms with Crippen molar-refractivity contribution < 1.29 is 13.6 Å². The van der Waals surface area contributed by atoms with Crippen LogP contribution in [-0.2, 0) is 17.9 Å². The van der Waals surface area contributed by atoms with Crippen LogP contribution >= 0.6 is 0 Å². The largest absolute Gasteiger partial charge is 0.465 e. The fourth-order valence-corrected chi connectivity index (χ4v) is 2.97. The third-order valence-electron chi connectivity index (χ3n) is 4.20. The second kappa shape index (κ2) is 6.18. The van der Waals surface area contributed by atoms with Crippen LogP contribution < -0.4 is 10.9 Å². The Morgan fingerprint density at radius 2 is 2.00 bits per heavy atom. The molecular formula is C19H17N3O4. The molecular weight excluding hydrogens is 334 g/mol. The Labute approximate surface area is 148 Å². The standard InChI is InChI=1S/C19H17N3O4/c1-11-3-6-16-14(7-11)18-15(19(24)26-16)9-21-22(18)10-17(23)20-8-13-5-4-12(2)25-13/h3-7,9H,8,10H2,1-2H3,(H,20,23). The lowest BCUT2D eigenvalue weighted by atomic mass is 10.1. The number of fused-ring (bicyclic) bond motifs is 3. The lowest BCUT2D eigenvalue weighted by molar-refractivity contribution is -0.122. The molecule has 3 heterocycles. The molecule has 1 aromatic carbocycles. The maximum Gasteiger partial charge on any atom is 0.347 e. The Kier molecular flexibility index (Phi) is 3.84. The van der Waals surface area contributed by atoms with E-state index in [0.717, 1.165) is 16.7 Å². The Hall–Kier alpha value is -3.35. The highest BCUT2D eigenvalue weighted by molar-refractivity contribution is 6.02. The summed E-state index contributed by atoms with van der Waals surface area (Å²) >= 11 is 0. The van der Waals surface area contributed by atoms with Crippen molar-refractivity contribution in [1.82, 2.24) is 15.1 Å². The first kappa shape index (κ1) is 16.1. The highest BCUT2D eigenvalue weighted by atomic mass is 16.4. The van der Waals surface area contributed by atoms with Crippen LogP contribution in [0.5, 0.6) is 0 Å². The fraction of sp³-hybridized carbons (Fsp3) is 0.211. The average molecular weight is 351 g/mol. The molecule has 0 saturated carbocycles. The number of furan rings is 1. The van der Waals surface area contributed by atoms with Gasteiger partial charge in [-0.3, -0.25) is 9.48 Å². The summed E-state index contributed by atoms with van der Waals surface area (Å²) in [6, 6.07) is 9.21. The van der Waals surface area contributed by atoms with E-state index in [-0.39, 0.29) is 12.5 Å². The van der Waals surface area contributed by atoms with Gasteiger partial charge in [0.15, 0.2) is 0 Å². The zero-order chi connectivity index (χ0) is 18.3. The predicted octanol–water partition coefficient (Wildman–Crippen LogP) is 2.67. The number of aromatic nitrogens is 2. The molecule has 7 nitrogen and oxygen atoms in total. The predicted molar refractivity (Wildman–Crippen MR) is 95.8 cm³/mol. The summed E-state index contributed by atoms with van der Waals surface area (Å²) in [5, 5.41) is 8.12. The zero-order valence-corrected chi connectivity index (χ0v) is 14.4. The minimum Gasteiger partial charge on any atom is -0.465 e. The van der Waals surface area contributed by atoms with E-state index in [9.17, 15) is 9.59 Å². The van der Waals surface area contributed by atoms with Crippen LogP contribution in [0.15, 0.2) is 50.2 Å². The van der Waals surface area contributed by atoms with Crippen LogP contribution in [-0.4, -0.2) is 15.7 Å². The highest BCUT2D eigenvalue weighted by Crippen LogP contribution is 2.23. The van der Waals surface area contributed by atoms with Gasteiger partial charge in [-0.15, -0.1) is 0 Å². The number of amides is 1. The summed E-state index contributed by atoms with van der Waals surface area (Å²) in [6.07, 6.45) is 1.44. The van der Waals surface area contributed by atoms with Gasteiger partial charge in [0.25, 0.3) is 0 Å². The molecule has 3 aromatic heterocycles. The summed E-state index contributed by atoms with van der Waals surface area (Å²) in [4.78, 5) is 24.5. The van der Waals surface area contributed by atoms with E-state index >= 15 is 0 Å². The summed E-state index contributed by atoms with van der Waals surface area (Å²) in [7, 11) is 0. The summed E-state index contributed by atoms with van der Waals surface area (Å²) in [6.45, 7) is 4.10. The van der Waals surface area contributed by atoms with Crippen molar-refractivity contribution in [2.24, 2.45) is 0 Å². The number of carbonyl (C=O) groups excluding carboxylic acids is 1. The van der Waals surface area contributed by atoms with Crippen LogP contribution in [0.25, 0.3) is 21.9 Å². The number of hydrogen-bond acceptors (Lipinski definition) is 5. The molecule has 0 saturated heterocycles. The van der Waals surface area contributed by atoms with Crippen molar-refractivity contribution in [3.05, 3.63) is 64.0 Å². The van der Waals surface area contributed by atoms with Crippen LogP contribution in [0.4, 0.5) is 0 Å². The number of nitrogens with zero attached hydrogens (tertiary/aromatic N) is 2. The third-order valence-corrected chi connectivity index (χ3v) is 4.20. The second-order valence-corrected chi connectivity index (χ2v) is 6.24. The Bertz CT molecular complexity index is 1180. The van der Waals surface area contributed by atoms with Crippen molar-refractivity contribution >= 4 is 27.8 Å². The summed E-state index contributed by atoms with van der Waals surface area (Å²) in [5.74, 6) is 1.25. The molecule has 1 amide bonds. The van der Waals surface area contributed by atoms with E-state index in [0.29, 0.717) is 28.8 Å². The number of rotatable bonds is 4. The molecule has 7 heteroatoms. The first-order valence-corrected chi connectivity index (χ1v) is 8.22. The summed E-state index contributed by atoms with van der Waals surface area (Å²) < 4.78 is 12.3. The molecule has 0 bridgehead atoms. The van der Waals surface area contributed by atoms with Crippen LogP contribution in [0.2, 0.25) is 0 Å². The van der Waals surface area contributed by atoms with Crippen LogP contribution in [0.1, 0.15) is 17.1 Å². The van der Waals surface area contributed by atoms with Crippen molar-refractivity contribution in [2.75, 3.05) is 0 Å². The molecule has 0 aliphatic heterocycles. The van der Waals surface area contributed by atoms with Gasteiger partial charge in [-0.1, -0.05) is 11.6 Å². The molecule has 4 rings (SSSR count). The molecule has 0 spiro atoms. The number of nitrogens with one attached hydrogen (secondary N) is 1. The van der Waals surface area contributed by atoms with Crippen molar-refractivity contribution in [3.8, 4) is 0 Å². The molecule has 0 radical (unpaired) electrons. The normalized spacial score (nSPS) is 11.3. The molecule has 0 unspecified atom stereocenters. The molecule has 0 aliphatic rings. The van der Waals surface area contributed by atoms with E-state index in [1.165, 1.54) is 10.9 Å². The first-order chi connectivity index (χ1) is 12.5. The number of carbonyl (C=O) groups is 1. The Morgan fingerprint density at radius 3 is 2.77 bits per heavy atom. The molecule has 132 valence electrons. The van der Waals surface area contributed by atoms with Gasteiger partial charge in [0, 0.05) is 5.39 Å². The first-order valence-electron chi connectivity index (χ1n) is 8.22. The molecule has 0 fully saturated rings. The van der Waals surface area contributed by atoms with E-state index in [1.807, 2.05) is 38.1 Å². The maximum atomic E-state index is 12.3. The second-order valence-electron chi connectivity index (χ2n) is 6.24. The van der Waals surface area contributed by atoms with Gasteiger partial charge in [-0.25, -0.2) is 4.79 Å². The molecule has 0 aliphatic carbocycles. The van der Waals surface area contributed by atoms with Crippen LogP contribution in [0.3, 0.4) is 0 Å². The van der Waals surface area contributed by atoms with Gasteiger partial charge in [-0.2, -0.15) is 5.10 Å². The SMILES string of the molecule is Cc1ccc2oc(=O)c3cnn(CC(=O)NCc4ccc(C)o4)c3c2c1. The van der Waals surface area contributed by atoms with Gasteiger partial charge in [0.2, 0.25) is 5.91 Å². The average Bonchev–Trinajstić information content (AvgIpc) is 3.21. The van der Waals surface area contributed by atoms with E-state index < -0.39 is 5.63 Å². The Morgan fingerprint density at radius 1 is 1.15 bits per heavy atom. The number of benzene rings is 1. The van der Waals surface area contributed by atoms with Gasteiger partial charge in [-0.05, 0) is 38.1 Å². The van der Waals surface area contributed by atoms with Crippen molar-refractivity contribution in [1.29, 1.82) is 0 Å². The molecule has 26 heavy (non-hydrogen) atoms.